The fourth-order valence-electron chi connectivity index (χ4n) is 4.10. The largest absolute Gasteiger partial charge is 0.383 e. The first kappa shape index (κ1) is 18.4. The third kappa shape index (κ3) is 4.22. The van der Waals surface area contributed by atoms with Gasteiger partial charge in [-0.2, -0.15) is 0 Å². The number of likely N-dealkylation sites (N-methyl/N-ethyl adjacent to an activating group) is 1. The Morgan fingerprint density at radius 2 is 2.40 bits per heavy atom. The van der Waals surface area contributed by atoms with E-state index in [1.165, 1.54) is 0 Å². The minimum Gasteiger partial charge on any atom is -0.383 e. The average molecular weight is 350 g/mol. The predicted molar refractivity (Wildman–Crippen MR) is 94.5 cm³/mol. The minimum absolute atomic E-state index is 0.0100. The van der Waals surface area contributed by atoms with Crippen LogP contribution in [0.5, 0.6) is 0 Å². The van der Waals surface area contributed by atoms with Crippen LogP contribution >= 0.6 is 0 Å². The molecule has 2 aliphatic rings. The molecule has 25 heavy (non-hydrogen) atoms. The Balaban J connectivity index is 1.58. The summed E-state index contributed by atoms with van der Waals surface area (Å²) < 4.78 is 13.2. The molecular weight excluding hydrogens is 320 g/mol. The number of aryl methyl sites for hydroxylation is 1. The number of nitrogens with zero attached hydrogens (tertiary/aromatic N) is 4. The lowest BCUT2D eigenvalue weighted by atomic mass is 9.86. The molecule has 0 radical (unpaired) electrons. The number of hydrogen-bond donors (Lipinski definition) is 0. The number of imidazole rings is 1. The molecule has 2 atom stereocenters. The van der Waals surface area contributed by atoms with Crippen molar-refractivity contribution in [3.8, 4) is 0 Å². The van der Waals surface area contributed by atoms with Gasteiger partial charge in [-0.3, -0.25) is 4.79 Å². The zero-order chi connectivity index (χ0) is 17.9. The van der Waals surface area contributed by atoms with Crippen molar-refractivity contribution in [1.29, 1.82) is 0 Å². The zero-order valence-corrected chi connectivity index (χ0v) is 15.6. The van der Waals surface area contributed by atoms with E-state index in [1.807, 2.05) is 18.1 Å². The Labute approximate surface area is 149 Å². The molecule has 2 saturated heterocycles. The van der Waals surface area contributed by atoms with E-state index in [9.17, 15) is 4.79 Å². The lowest BCUT2D eigenvalue weighted by Crippen LogP contribution is -2.50. The number of carbonyl (C=O) groups excluding carboxylic acids is 1. The van der Waals surface area contributed by atoms with Gasteiger partial charge in [-0.1, -0.05) is 0 Å². The molecule has 1 amide bonds. The molecule has 1 aromatic rings. The van der Waals surface area contributed by atoms with E-state index in [2.05, 4.69) is 16.9 Å². The number of ether oxygens (including phenoxy) is 2. The van der Waals surface area contributed by atoms with Gasteiger partial charge in [-0.15, -0.1) is 0 Å². The first-order valence-electron chi connectivity index (χ1n) is 9.11. The van der Waals surface area contributed by atoms with Crippen molar-refractivity contribution in [2.24, 2.45) is 13.0 Å². The zero-order valence-electron chi connectivity index (χ0n) is 15.6. The van der Waals surface area contributed by atoms with E-state index >= 15 is 0 Å². The van der Waals surface area contributed by atoms with Gasteiger partial charge in [0.1, 0.15) is 0 Å². The summed E-state index contributed by atoms with van der Waals surface area (Å²) in [6.07, 6.45) is 6.53. The number of rotatable bonds is 6. The first-order chi connectivity index (χ1) is 12.0. The summed E-state index contributed by atoms with van der Waals surface area (Å²) >= 11 is 0. The minimum atomic E-state index is -0.175. The van der Waals surface area contributed by atoms with Crippen molar-refractivity contribution < 1.29 is 14.3 Å². The maximum atomic E-state index is 12.8. The summed E-state index contributed by atoms with van der Waals surface area (Å²) in [5, 5.41) is 0. The quantitative estimate of drug-likeness (QED) is 0.766. The maximum Gasteiger partial charge on any atom is 0.289 e. The first-order valence-corrected chi connectivity index (χ1v) is 9.11. The van der Waals surface area contributed by atoms with Crippen LogP contribution in [0.1, 0.15) is 29.9 Å². The highest BCUT2D eigenvalue weighted by Gasteiger charge is 2.45. The summed E-state index contributed by atoms with van der Waals surface area (Å²) in [6.45, 7) is 4.94. The van der Waals surface area contributed by atoms with Crippen molar-refractivity contribution in [2.75, 3.05) is 53.6 Å². The van der Waals surface area contributed by atoms with E-state index in [1.54, 1.807) is 17.9 Å². The molecule has 0 aliphatic carbocycles. The highest BCUT2D eigenvalue weighted by atomic mass is 16.5. The molecule has 3 heterocycles. The Morgan fingerprint density at radius 3 is 3.12 bits per heavy atom. The smallest absolute Gasteiger partial charge is 0.289 e. The Bertz CT molecular complexity index is 591. The van der Waals surface area contributed by atoms with Crippen molar-refractivity contribution in [3.63, 3.8) is 0 Å². The average Bonchev–Trinajstić information content (AvgIpc) is 3.19. The third-order valence-corrected chi connectivity index (χ3v) is 5.37. The SMILES string of the molecule is COCCN(C)CC1COC2(CCCN(C(=O)c3nccn3C)C2)C1. The van der Waals surface area contributed by atoms with E-state index in [4.69, 9.17) is 9.47 Å². The predicted octanol–water partition coefficient (Wildman–Crippen LogP) is 1.01. The third-order valence-electron chi connectivity index (χ3n) is 5.37. The van der Waals surface area contributed by atoms with Gasteiger partial charge in [0, 0.05) is 46.2 Å². The normalized spacial score (nSPS) is 26.7. The van der Waals surface area contributed by atoms with Gasteiger partial charge in [0.05, 0.1) is 25.4 Å². The van der Waals surface area contributed by atoms with Crippen molar-refractivity contribution in [1.82, 2.24) is 19.4 Å². The standard InChI is InChI=1S/C18H30N4O3/c1-20(9-10-24-3)12-15-11-18(25-13-15)5-4-7-22(14-18)17(23)16-19-6-8-21(16)2/h6,8,15H,4-5,7,9-14H2,1-3H3. The molecule has 1 aromatic heterocycles. The topological polar surface area (TPSA) is 59.8 Å². The van der Waals surface area contributed by atoms with Crippen LogP contribution < -0.4 is 0 Å². The fraction of sp³-hybridized carbons (Fsp3) is 0.778. The van der Waals surface area contributed by atoms with Crippen LogP contribution in [0.25, 0.3) is 0 Å². The Morgan fingerprint density at radius 1 is 1.56 bits per heavy atom. The molecule has 2 fully saturated rings. The highest BCUT2D eigenvalue weighted by Crippen LogP contribution is 2.38. The lowest BCUT2D eigenvalue weighted by Gasteiger charge is -2.39. The number of carbonyl (C=O) groups is 1. The summed E-state index contributed by atoms with van der Waals surface area (Å²) in [4.78, 5) is 21.2. The number of amides is 1. The van der Waals surface area contributed by atoms with Crippen LogP contribution in [-0.4, -0.2) is 84.4 Å². The molecule has 1 spiro atoms. The molecule has 2 aliphatic heterocycles. The molecule has 0 N–H and O–H groups in total. The maximum absolute atomic E-state index is 12.8. The van der Waals surface area contributed by atoms with Crippen molar-refractivity contribution in [3.05, 3.63) is 18.2 Å². The van der Waals surface area contributed by atoms with E-state index in [0.717, 1.165) is 52.1 Å². The van der Waals surface area contributed by atoms with Crippen LogP contribution in [0.2, 0.25) is 0 Å². The van der Waals surface area contributed by atoms with Crippen LogP contribution in [0.3, 0.4) is 0 Å². The van der Waals surface area contributed by atoms with Gasteiger partial charge in [0.25, 0.3) is 5.91 Å². The fourth-order valence-corrected chi connectivity index (χ4v) is 4.10. The highest BCUT2D eigenvalue weighted by molar-refractivity contribution is 5.91. The lowest BCUT2D eigenvalue weighted by molar-refractivity contribution is -0.0453. The summed E-state index contributed by atoms with van der Waals surface area (Å²) in [5.41, 5.74) is -0.175. The van der Waals surface area contributed by atoms with E-state index in [-0.39, 0.29) is 11.5 Å². The number of hydrogen-bond acceptors (Lipinski definition) is 5. The second-order valence-corrected chi connectivity index (χ2v) is 7.51. The van der Waals surface area contributed by atoms with Crippen LogP contribution in [0, 0.1) is 5.92 Å². The molecule has 2 unspecified atom stereocenters. The van der Waals surface area contributed by atoms with Gasteiger partial charge >= 0.3 is 0 Å². The molecule has 7 heteroatoms. The van der Waals surface area contributed by atoms with Gasteiger partial charge in [0.2, 0.25) is 0 Å². The summed E-state index contributed by atoms with van der Waals surface area (Å²) in [7, 11) is 5.72. The number of piperidine rings is 1. The van der Waals surface area contributed by atoms with Gasteiger partial charge < -0.3 is 23.8 Å². The second-order valence-electron chi connectivity index (χ2n) is 7.51. The van der Waals surface area contributed by atoms with E-state index < -0.39 is 0 Å². The molecular formula is C18H30N4O3. The van der Waals surface area contributed by atoms with Crippen molar-refractivity contribution >= 4 is 5.91 Å². The second kappa shape index (κ2) is 7.85. The number of methoxy groups -OCH3 is 1. The molecule has 0 aromatic carbocycles. The van der Waals surface area contributed by atoms with Crippen LogP contribution in [-0.2, 0) is 16.5 Å². The molecule has 140 valence electrons. The van der Waals surface area contributed by atoms with Crippen LogP contribution in [0.15, 0.2) is 12.4 Å². The number of aromatic nitrogens is 2. The Kier molecular flexibility index (Phi) is 5.76. The monoisotopic (exact) mass is 350 g/mol. The number of likely N-dealkylation sites (tertiary alicyclic amines) is 1. The molecule has 7 nitrogen and oxygen atoms in total. The summed E-state index contributed by atoms with van der Waals surface area (Å²) in [6, 6.07) is 0. The molecule has 0 saturated carbocycles. The van der Waals surface area contributed by atoms with Crippen LogP contribution in [0.4, 0.5) is 0 Å². The van der Waals surface area contributed by atoms with E-state index in [0.29, 0.717) is 18.3 Å². The molecule has 3 rings (SSSR count). The van der Waals surface area contributed by atoms with Gasteiger partial charge in [-0.25, -0.2) is 4.98 Å². The summed E-state index contributed by atoms with van der Waals surface area (Å²) in [5.74, 6) is 1.03. The Hall–Kier alpha value is -1.44. The van der Waals surface area contributed by atoms with Gasteiger partial charge in [-0.05, 0) is 32.2 Å². The van der Waals surface area contributed by atoms with Crippen molar-refractivity contribution in [2.45, 2.75) is 24.9 Å². The van der Waals surface area contributed by atoms with Gasteiger partial charge in [0.15, 0.2) is 5.82 Å². The molecule has 0 bridgehead atoms.